The Morgan fingerprint density at radius 3 is 2.69 bits per heavy atom. The molecule has 13 heavy (non-hydrogen) atoms. The summed E-state index contributed by atoms with van der Waals surface area (Å²) >= 11 is 0. The molecule has 1 saturated heterocycles. The van der Waals surface area contributed by atoms with Crippen molar-refractivity contribution < 1.29 is 4.79 Å². The average molecular weight is 208 g/mol. The van der Waals surface area contributed by atoms with Crippen LogP contribution in [-0.4, -0.2) is 36.0 Å². The van der Waals surface area contributed by atoms with E-state index in [-0.39, 0.29) is 30.4 Å². The summed E-state index contributed by atoms with van der Waals surface area (Å²) < 4.78 is 0. The summed E-state index contributed by atoms with van der Waals surface area (Å²) in [7, 11) is 0. The molecule has 2 atom stereocenters. The van der Waals surface area contributed by atoms with Crippen LogP contribution in [0.5, 0.6) is 0 Å². The summed E-state index contributed by atoms with van der Waals surface area (Å²) in [6.45, 7) is 3.36. The molecule has 0 aliphatic carbocycles. The van der Waals surface area contributed by atoms with Gasteiger partial charge in [0.05, 0.1) is 6.04 Å². The number of halogens is 1. The molecule has 1 aliphatic rings. The van der Waals surface area contributed by atoms with Crippen LogP contribution in [0.1, 0.15) is 19.8 Å². The van der Waals surface area contributed by atoms with E-state index in [0.717, 1.165) is 13.0 Å². The first kappa shape index (κ1) is 12.7. The molecule has 0 radical (unpaired) electrons. The zero-order valence-electron chi connectivity index (χ0n) is 7.90. The van der Waals surface area contributed by atoms with Crippen LogP contribution in [0.15, 0.2) is 0 Å². The predicted molar refractivity (Wildman–Crippen MR) is 54.7 cm³/mol. The molecule has 78 valence electrons. The van der Waals surface area contributed by atoms with Crippen molar-refractivity contribution in [3.8, 4) is 0 Å². The molecule has 0 saturated carbocycles. The second-order valence-corrected chi connectivity index (χ2v) is 3.35. The highest BCUT2D eigenvalue weighted by Gasteiger charge is 2.26. The van der Waals surface area contributed by atoms with Gasteiger partial charge in [0.25, 0.3) is 0 Å². The van der Waals surface area contributed by atoms with Crippen LogP contribution in [0.25, 0.3) is 0 Å². The number of rotatable bonds is 2. The second kappa shape index (κ2) is 5.42. The van der Waals surface area contributed by atoms with Crippen molar-refractivity contribution in [2.24, 2.45) is 11.5 Å². The van der Waals surface area contributed by atoms with Crippen molar-refractivity contribution >= 4 is 18.3 Å². The minimum absolute atomic E-state index is 0. The number of carbonyl (C=O) groups is 1. The Labute approximate surface area is 85.0 Å². The first-order valence-corrected chi connectivity index (χ1v) is 4.45. The Morgan fingerprint density at radius 2 is 2.31 bits per heavy atom. The fourth-order valence-electron chi connectivity index (χ4n) is 1.40. The number of nitrogens with zero attached hydrogens (tertiary/aromatic N) is 1. The second-order valence-electron chi connectivity index (χ2n) is 3.35. The number of likely N-dealkylation sites (tertiary alicyclic amines) is 1. The maximum Gasteiger partial charge on any atom is 0.239 e. The lowest BCUT2D eigenvalue weighted by molar-refractivity contribution is -0.131. The highest BCUT2D eigenvalue weighted by molar-refractivity contribution is 5.85. The van der Waals surface area contributed by atoms with E-state index < -0.39 is 0 Å². The molecule has 0 unspecified atom stereocenters. The van der Waals surface area contributed by atoms with Crippen molar-refractivity contribution in [2.75, 3.05) is 13.1 Å². The smallest absolute Gasteiger partial charge is 0.239 e. The van der Waals surface area contributed by atoms with Gasteiger partial charge in [-0.25, -0.2) is 0 Å². The number of hydrogen-bond acceptors (Lipinski definition) is 3. The van der Waals surface area contributed by atoms with E-state index in [0.29, 0.717) is 13.0 Å². The van der Waals surface area contributed by atoms with Gasteiger partial charge in [0.2, 0.25) is 5.91 Å². The van der Waals surface area contributed by atoms with Gasteiger partial charge >= 0.3 is 0 Å². The zero-order valence-corrected chi connectivity index (χ0v) is 8.72. The lowest BCUT2D eigenvalue weighted by atomic mass is 10.2. The van der Waals surface area contributed by atoms with Crippen molar-refractivity contribution in [1.29, 1.82) is 0 Å². The van der Waals surface area contributed by atoms with Crippen LogP contribution >= 0.6 is 12.4 Å². The summed E-state index contributed by atoms with van der Waals surface area (Å²) in [5, 5.41) is 0. The Kier molecular flexibility index (Phi) is 5.29. The molecule has 4 nitrogen and oxygen atoms in total. The molecular formula is C8H18ClN3O. The highest BCUT2D eigenvalue weighted by Crippen LogP contribution is 2.08. The lowest BCUT2D eigenvalue weighted by Gasteiger charge is -2.19. The van der Waals surface area contributed by atoms with Crippen LogP contribution < -0.4 is 11.5 Å². The Bertz CT molecular complexity index is 177. The molecule has 5 heteroatoms. The Morgan fingerprint density at radius 1 is 1.69 bits per heavy atom. The number of carbonyl (C=O) groups excluding carboxylic acids is 1. The largest absolute Gasteiger partial charge is 0.340 e. The third-order valence-electron chi connectivity index (χ3n) is 2.29. The number of nitrogens with two attached hydrogens (primary N) is 2. The van der Waals surface area contributed by atoms with Gasteiger partial charge in [-0.3, -0.25) is 4.79 Å². The SMILES string of the molecule is CC[C@@H](N)C(=O)N1CC[C@@H](N)C1.Cl. The Balaban J connectivity index is 0.00000144. The first-order chi connectivity index (χ1) is 5.65. The monoisotopic (exact) mass is 207 g/mol. The minimum Gasteiger partial charge on any atom is -0.340 e. The van der Waals surface area contributed by atoms with E-state index in [9.17, 15) is 4.79 Å². The summed E-state index contributed by atoms with van der Waals surface area (Å²) in [6.07, 6.45) is 1.60. The minimum atomic E-state index is -0.338. The standard InChI is InChI=1S/C8H17N3O.ClH/c1-2-7(10)8(12)11-4-3-6(9)5-11;/h6-7H,2-5,9-10H2,1H3;1H/t6-,7-;/m1./s1. The summed E-state index contributed by atoms with van der Waals surface area (Å²) in [5.41, 5.74) is 11.3. The first-order valence-electron chi connectivity index (χ1n) is 4.45. The molecule has 0 aromatic rings. The Hall–Kier alpha value is -0.320. The summed E-state index contributed by atoms with van der Waals surface area (Å²) in [4.78, 5) is 13.2. The van der Waals surface area contributed by atoms with Crippen LogP contribution in [0.4, 0.5) is 0 Å². The zero-order chi connectivity index (χ0) is 9.14. The van der Waals surface area contributed by atoms with Gasteiger partial charge in [0, 0.05) is 19.1 Å². The average Bonchev–Trinajstić information content (AvgIpc) is 2.49. The highest BCUT2D eigenvalue weighted by atomic mass is 35.5. The summed E-state index contributed by atoms with van der Waals surface area (Å²) in [6, 6.07) is -0.187. The molecule has 0 spiro atoms. The van der Waals surface area contributed by atoms with Crippen molar-refractivity contribution in [1.82, 2.24) is 4.90 Å². The number of hydrogen-bond donors (Lipinski definition) is 2. The van der Waals surface area contributed by atoms with Crippen LogP contribution in [-0.2, 0) is 4.79 Å². The van der Waals surface area contributed by atoms with Gasteiger partial charge < -0.3 is 16.4 Å². The molecule has 1 heterocycles. The van der Waals surface area contributed by atoms with Crippen LogP contribution in [0.2, 0.25) is 0 Å². The van der Waals surface area contributed by atoms with Gasteiger partial charge in [0.15, 0.2) is 0 Å². The maximum absolute atomic E-state index is 11.5. The third kappa shape index (κ3) is 3.14. The van der Waals surface area contributed by atoms with Crippen molar-refractivity contribution in [3.05, 3.63) is 0 Å². The van der Waals surface area contributed by atoms with Gasteiger partial charge in [-0.15, -0.1) is 12.4 Å². The molecule has 1 fully saturated rings. The fourth-order valence-corrected chi connectivity index (χ4v) is 1.40. The van der Waals surface area contributed by atoms with Gasteiger partial charge in [-0.1, -0.05) is 6.92 Å². The van der Waals surface area contributed by atoms with Crippen LogP contribution in [0, 0.1) is 0 Å². The summed E-state index contributed by atoms with van der Waals surface area (Å²) in [5.74, 6) is 0.0467. The predicted octanol–water partition coefficient (Wildman–Crippen LogP) is -0.295. The van der Waals surface area contributed by atoms with E-state index in [1.807, 2.05) is 6.92 Å². The van der Waals surface area contributed by atoms with E-state index >= 15 is 0 Å². The molecule has 1 aliphatic heterocycles. The lowest BCUT2D eigenvalue weighted by Crippen LogP contribution is -2.43. The number of amides is 1. The molecule has 0 aromatic carbocycles. The fraction of sp³-hybridized carbons (Fsp3) is 0.875. The van der Waals surface area contributed by atoms with E-state index in [4.69, 9.17) is 11.5 Å². The van der Waals surface area contributed by atoms with Crippen LogP contribution in [0.3, 0.4) is 0 Å². The van der Waals surface area contributed by atoms with E-state index in [1.54, 1.807) is 4.90 Å². The van der Waals surface area contributed by atoms with E-state index in [2.05, 4.69) is 0 Å². The van der Waals surface area contributed by atoms with Gasteiger partial charge in [-0.05, 0) is 12.8 Å². The van der Waals surface area contributed by atoms with Crippen molar-refractivity contribution in [2.45, 2.75) is 31.8 Å². The van der Waals surface area contributed by atoms with Gasteiger partial charge in [0.1, 0.15) is 0 Å². The molecule has 0 bridgehead atoms. The molecule has 0 aromatic heterocycles. The normalized spacial score (nSPS) is 23.9. The molecule has 4 N–H and O–H groups in total. The quantitative estimate of drug-likeness (QED) is 0.654. The van der Waals surface area contributed by atoms with Gasteiger partial charge in [-0.2, -0.15) is 0 Å². The topological polar surface area (TPSA) is 72.4 Å². The third-order valence-corrected chi connectivity index (χ3v) is 2.29. The molecule has 1 rings (SSSR count). The maximum atomic E-state index is 11.5. The van der Waals surface area contributed by atoms with Crippen molar-refractivity contribution in [3.63, 3.8) is 0 Å². The molecular weight excluding hydrogens is 190 g/mol. The van der Waals surface area contributed by atoms with E-state index in [1.165, 1.54) is 0 Å². The molecule has 1 amide bonds.